The summed E-state index contributed by atoms with van der Waals surface area (Å²) in [5.41, 5.74) is 0. The van der Waals surface area contributed by atoms with E-state index in [1.165, 1.54) is 16.7 Å². The lowest BCUT2D eigenvalue weighted by molar-refractivity contribution is -0.148. The maximum atomic E-state index is 12.1. The van der Waals surface area contributed by atoms with Gasteiger partial charge in [-0.05, 0) is 30.3 Å². The molecule has 0 aromatic rings. The second-order valence-corrected chi connectivity index (χ2v) is 6.70. The Morgan fingerprint density at radius 3 is 2.59 bits per heavy atom. The van der Waals surface area contributed by atoms with E-state index in [2.05, 4.69) is 0 Å². The van der Waals surface area contributed by atoms with Gasteiger partial charge in [0.2, 0.25) is 5.91 Å². The Hall–Kier alpha value is -0.360. The molecule has 1 amide bonds. The van der Waals surface area contributed by atoms with Crippen LogP contribution < -0.4 is 0 Å². The number of hydrogen-bond acceptors (Lipinski definition) is 4. The summed E-state index contributed by atoms with van der Waals surface area (Å²) in [7, 11) is 0. The van der Waals surface area contributed by atoms with Gasteiger partial charge in [-0.3, -0.25) is 4.79 Å². The molecule has 17 heavy (non-hydrogen) atoms. The van der Waals surface area contributed by atoms with Gasteiger partial charge in [0.15, 0.2) is 0 Å². The fraction of sp³-hybridized carbons (Fsp3) is 0.818. The van der Waals surface area contributed by atoms with Gasteiger partial charge in [0.25, 0.3) is 0 Å². The third-order valence-corrected chi connectivity index (χ3v) is 5.35. The van der Waals surface area contributed by atoms with Crippen LogP contribution in [0.3, 0.4) is 0 Å². The Morgan fingerprint density at radius 2 is 1.94 bits per heavy atom. The van der Waals surface area contributed by atoms with Crippen molar-refractivity contribution < 1.29 is 14.7 Å². The van der Waals surface area contributed by atoms with Crippen LogP contribution in [0.1, 0.15) is 19.3 Å². The molecule has 2 heterocycles. The van der Waals surface area contributed by atoms with E-state index in [4.69, 9.17) is 5.11 Å². The van der Waals surface area contributed by atoms with Crippen LogP contribution in [0.5, 0.6) is 0 Å². The number of thioether (sulfide) groups is 2. The summed E-state index contributed by atoms with van der Waals surface area (Å²) in [5.74, 6) is 2.95. The molecule has 2 aliphatic heterocycles. The number of nitrogens with zero attached hydrogens (tertiary/aromatic N) is 1. The molecule has 1 atom stereocenters. The molecule has 0 radical (unpaired) electrons. The molecule has 0 saturated carbocycles. The molecule has 4 nitrogen and oxygen atoms in total. The number of aliphatic carboxylic acids is 1. The zero-order chi connectivity index (χ0) is 12.3. The molecule has 1 N–H and O–H groups in total. The normalized spacial score (nSPS) is 26.1. The lowest BCUT2D eigenvalue weighted by Gasteiger charge is -2.25. The van der Waals surface area contributed by atoms with E-state index < -0.39 is 12.0 Å². The Kier molecular flexibility index (Phi) is 4.62. The average molecular weight is 275 g/mol. The topological polar surface area (TPSA) is 57.6 Å². The van der Waals surface area contributed by atoms with Crippen molar-refractivity contribution in [2.45, 2.75) is 25.3 Å². The highest BCUT2D eigenvalue weighted by Gasteiger charge is 2.35. The number of rotatable bonds is 3. The van der Waals surface area contributed by atoms with Crippen LogP contribution in [0.4, 0.5) is 0 Å². The molecule has 2 saturated heterocycles. The monoisotopic (exact) mass is 275 g/mol. The molecular weight excluding hydrogens is 258 g/mol. The fourth-order valence-corrected chi connectivity index (χ4v) is 4.58. The first kappa shape index (κ1) is 13.1. The maximum Gasteiger partial charge on any atom is 0.327 e. The standard InChI is InChI=1S/C11H17NO3S2/c13-10(5-8-1-3-16-4-2-8)12-7-17-6-9(12)11(14)15/h8-9H,1-7H2,(H,14,15). The summed E-state index contributed by atoms with van der Waals surface area (Å²) >= 11 is 3.47. The highest BCUT2D eigenvalue weighted by atomic mass is 32.2. The third-order valence-electron chi connectivity index (χ3n) is 3.29. The average Bonchev–Trinajstić information content (AvgIpc) is 2.79. The van der Waals surface area contributed by atoms with Crippen molar-refractivity contribution in [3.05, 3.63) is 0 Å². The van der Waals surface area contributed by atoms with Crippen LogP contribution in [-0.4, -0.2) is 51.1 Å². The first-order valence-corrected chi connectivity index (χ1v) is 8.17. The van der Waals surface area contributed by atoms with Crippen molar-refractivity contribution in [2.24, 2.45) is 5.92 Å². The molecule has 2 rings (SSSR count). The molecule has 0 bridgehead atoms. The predicted octanol–water partition coefficient (Wildman–Crippen LogP) is 1.51. The third kappa shape index (κ3) is 3.31. The summed E-state index contributed by atoms with van der Waals surface area (Å²) in [4.78, 5) is 24.6. The summed E-state index contributed by atoms with van der Waals surface area (Å²) in [5, 5.41) is 9.03. The van der Waals surface area contributed by atoms with E-state index in [9.17, 15) is 9.59 Å². The smallest absolute Gasteiger partial charge is 0.327 e. The van der Waals surface area contributed by atoms with Gasteiger partial charge in [-0.15, -0.1) is 11.8 Å². The highest BCUT2D eigenvalue weighted by Crippen LogP contribution is 2.28. The first-order valence-electron chi connectivity index (χ1n) is 5.86. The van der Waals surface area contributed by atoms with Gasteiger partial charge in [-0.1, -0.05) is 0 Å². The van der Waals surface area contributed by atoms with Gasteiger partial charge < -0.3 is 10.0 Å². The fourth-order valence-electron chi connectivity index (χ4n) is 2.21. The van der Waals surface area contributed by atoms with Crippen molar-refractivity contribution >= 4 is 35.4 Å². The van der Waals surface area contributed by atoms with Crippen molar-refractivity contribution in [2.75, 3.05) is 23.1 Å². The second-order valence-electron chi connectivity index (χ2n) is 4.48. The van der Waals surface area contributed by atoms with Crippen LogP contribution in [0.15, 0.2) is 0 Å². The van der Waals surface area contributed by atoms with Crippen LogP contribution in [0.2, 0.25) is 0 Å². The van der Waals surface area contributed by atoms with E-state index in [-0.39, 0.29) is 5.91 Å². The summed E-state index contributed by atoms with van der Waals surface area (Å²) in [6.45, 7) is 0. The Morgan fingerprint density at radius 1 is 1.24 bits per heavy atom. The first-order chi connectivity index (χ1) is 8.18. The van der Waals surface area contributed by atoms with Crippen LogP contribution in [-0.2, 0) is 9.59 Å². The molecule has 2 fully saturated rings. The summed E-state index contributed by atoms with van der Waals surface area (Å²) in [6, 6.07) is -0.606. The van der Waals surface area contributed by atoms with Crippen LogP contribution in [0.25, 0.3) is 0 Å². The number of carboxylic acids is 1. The molecular formula is C11H17NO3S2. The number of amides is 1. The van der Waals surface area contributed by atoms with Crippen molar-refractivity contribution in [3.63, 3.8) is 0 Å². The molecule has 96 valence electrons. The lowest BCUT2D eigenvalue weighted by atomic mass is 9.98. The van der Waals surface area contributed by atoms with Crippen molar-refractivity contribution in [1.82, 2.24) is 4.90 Å². The zero-order valence-corrected chi connectivity index (χ0v) is 11.3. The number of carboxylic acid groups (broad SMARTS) is 1. The second kappa shape index (κ2) is 6.00. The minimum absolute atomic E-state index is 0.0271. The van der Waals surface area contributed by atoms with E-state index in [0.717, 1.165) is 24.3 Å². The summed E-state index contributed by atoms with van der Waals surface area (Å²) < 4.78 is 0. The molecule has 2 aliphatic rings. The molecule has 0 aromatic heterocycles. The van der Waals surface area contributed by atoms with Gasteiger partial charge in [-0.2, -0.15) is 11.8 Å². The van der Waals surface area contributed by atoms with Crippen LogP contribution >= 0.6 is 23.5 Å². The van der Waals surface area contributed by atoms with Crippen LogP contribution in [0, 0.1) is 5.92 Å². The van der Waals surface area contributed by atoms with E-state index in [1.54, 1.807) is 0 Å². The molecule has 0 aromatic carbocycles. The van der Waals surface area contributed by atoms with Crippen molar-refractivity contribution in [1.29, 1.82) is 0 Å². The Labute approximate surface area is 110 Å². The lowest BCUT2D eigenvalue weighted by Crippen LogP contribution is -2.42. The Bertz CT molecular complexity index is 305. The molecule has 6 heteroatoms. The SMILES string of the molecule is O=C(O)C1CSCN1C(=O)CC1CCSCC1. The van der Waals surface area contributed by atoms with Crippen molar-refractivity contribution in [3.8, 4) is 0 Å². The molecule has 0 spiro atoms. The molecule has 0 aliphatic carbocycles. The van der Waals surface area contributed by atoms with E-state index in [0.29, 0.717) is 24.0 Å². The number of hydrogen-bond donors (Lipinski definition) is 1. The zero-order valence-electron chi connectivity index (χ0n) is 9.63. The quantitative estimate of drug-likeness (QED) is 0.846. The van der Waals surface area contributed by atoms with Gasteiger partial charge in [0.1, 0.15) is 6.04 Å². The maximum absolute atomic E-state index is 12.1. The minimum atomic E-state index is -0.873. The summed E-state index contributed by atoms with van der Waals surface area (Å²) in [6.07, 6.45) is 2.72. The van der Waals surface area contributed by atoms with Gasteiger partial charge in [0, 0.05) is 12.2 Å². The highest BCUT2D eigenvalue weighted by molar-refractivity contribution is 7.99. The largest absolute Gasteiger partial charge is 0.480 e. The predicted molar refractivity (Wildman–Crippen MR) is 70.3 cm³/mol. The van der Waals surface area contributed by atoms with E-state index in [1.807, 2.05) is 11.8 Å². The number of carbonyl (C=O) groups is 2. The van der Waals surface area contributed by atoms with Gasteiger partial charge in [0.05, 0.1) is 5.88 Å². The van der Waals surface area contributed by atoms with E-state index >= 15 is 0 Å². The minimum Gasteiger partial charge on any atom is -0.480 e. The van der Waals surface area contributed by atoms with Gasteiger partial charge >= 0.3 is 5.97 Å². The van der Waals surface area contributed by atoms with Gasteiger partial charge in [-0.25, -0.2) is 4.79 Å². The number of carbonyl (C=O) groups excluding carboxylic acids is 1. The Balaban J connectivity index is 1.88. The molecule has 1 unspecified atom stereocenters.